The van der Waals surface area contributed by atoms with E-state index in [2.05, 4.69) is 10.5 Å². The van der Waals surface area contributed by atoms with Crippen LogP contribution in [0.25, 0.3) is 11.0 Å². The van der Waals surface area contributed by atoms with Gasteiger partial charge >= 0.3 is 0 Å². The Morgan fingerprint density at radius 1 is 1.17 bits per heavy atom. The Labute approximate surface area is 280 Å². The lowest BCUT2D eigenvalue weighted by atomic mass is 9.90. The van der Waals surface area contributed by atoms with Crippen LogP contribution in [-0.4, -0.2) is 62.2 Å². The molecule has 1 saturated carbocycles. The molecule has 47 heavy (non-hydrogen) atoms. The van der Waals surface area contributed by atoms with Gasteiger partial charge in [0.25, 0.3) is 0 Å². The average Bonchev–Trinajstić information content (AvgIpc) is 3.71. The number of nitrogens with one attached hydrogen (secondary N) is 1. The number of aliphatic hydroxyl groups is 3. The van der Waals surface area contributed by atoms with Crippen LogP contribution in [0.1, 0.15) is 80.1 Å². The first-order chi connectivity index (χ1) is 22.4. The van der Waals surface area contributed by atoms with Crippen LogP contribution in [0.5, 0.6) is 11.5 Å². The van der Waals surface area contributed by atoms with Crippen molar-refractivity contribution in [2.45, 2.75) is 94.0 Å². The van der Waals surface area contributed by atoms with E-state index in [1.807, 2.05) is 0 Å². The summed E-state index contributed by atoms with van der Waals surface area (Å²) in [6.45, 7) is 2.93. The van der Waals surface area contributed by atoms with Crippen molar-refractivity contribution >= 4 is 44.2 Å². The zero-order valence-corrected chi connectivity index (χ0v) is 28.1. The number of rotatable bonds is 8. The van der Waals surface area contributed by atoms with E-state index in [-0.39, 0.29) is 58.4 Å². The summed E-state index contributed by atoms with van der Waals surface area (Å²) in [4.78, 5) is 19.3. The molecule has 3 heterocycles. The van der Waals surface area contributed by atoms with Crippen LogP contribution in [0.2, 0.25) is 0 Å². The monoisotopic (exact) mass is 686 g/mol. The SMILES string of the molecule is CC(C)(O)[C@H]1Cc2c(c3c4oc(c(Cc5ccc(NO)cc5)c(=O)c4c2OC2CCCC2)[C@H](O)C[C@@](CO)(N=C(N)N)CSSC3)O1. The first kappa shape index (κ1) is 33.7. The van der Waals surface area contributed by atoms with Gasteiger partial charge in [0.05, 0.1) is 24.0 Å². The summed E-state index contributed by atoms with van der Waals surface area (Å²) in [5.74, 6) is 1.34. The summed E-state index contributed by atoms with van der Waals surface area (Å²) in [6, 6.07) is 6.88. The molecule has 1 fully saturated rings. The second kappa shape index (κ2) is 13.4. The molecule has 2 bridgehead atoms. The Morgan fingerprint density at radius 2 is 1.89 bits per heavy atom. The van der Waals surface area contributed by atoms with Crippen LogP contribution in [0, 0.1) is 0 Å². The average molecular weight is 687 g/mol. The molecule has 0 amide bonds. The quantitative estimate of drug-likeness (QED) is 0.0778. The lowest BCUT2D eigenvalue weighted by molar-refractivity contribution is -0.0231. The van der Waals surface area contributed by atoms with Gasteiger partial charge in [-0.1, -0.05) is 33.7 Å². The first-order valence-electron chi connectivity index (χ1n) is 15.8. The van der Waals surface area contributed by atoms with Crippen molar-refractivity contribution in [2.75, 3.05) is 17.8 Å². The predicted octanol–water partition coefficient (Wildman–Crippen LogP) is 3.90. The van der Waals surface area contributed by atoms with E-state index in [1.165, 1.54) is 21.6 Å². The normalized spacial score (nSPS) is 23.3. The van der Waals surface area contributed by atoms with E-state index in [0.717, 1.165) is 36.8 Å². The van der Waals surface area contributed by atoms with Crippen LogP contribution in [0.15, 0.2) is 38.5 Å². The van der Waals surface area contributed by atoms with Crippen molar-refractivity contribution in [1.82, 2.24) is 0 Å². The molecule has 14 heteroatoms. The number of ether oxygens (including phenoxy) is 2. The fourth-order valence-electron chi connectivity index (χ4n) is 6.67. The third-order valence-corrected chi connectivity index (χ3v) is 11.6. The van der Waals surface area contributed by atoms with Gasteiger partial charge in [0.15, 0.2) is 11.4 Å². The maximum Gasteiger partial charge on any atom is 0.200 e. The van der Waals surface area contributed by atoms with Crippen LogP contribution in [0.4, 0.5) is 5.69 Å². The Balaban J connectivity index is 1.62. The summed E-state index contributed by atoms with van der Waals surface area (Å²) in [6.07, 6.45) is 2.04. The van der Waals surface area contributed by atoms with E-state index in [0.29, 0.717) is 34.9 Å². The molecule has 6 rings (SSSR count). The zero-order valence-electron chi connectivity index (χ0n) is 26.5. The molecule has 3 aromatic rings. The fourth-order valence-corrected chi connectivity index (χ4v) is 9.22. The zero-order chi connectivity index (χ0) is 33.5. The van der Waals surface area contributed by atoms with Crippen molar-refractivity contribution in [1.29, 1.82) is 0 Å². The van der Waals surface area contributed by atoms with Crippen molar-refractivity contribution in [3.05, 3.63) is 62.5 Å². The Bertz CT molecular complexity index is 1720. The van der Waals surface area contributed by atoms with Gasteiger partial charge in [-0.25, -0.2) is 4.99 Å². The first-order valence-corrected chi connectivity index (χ1v) is 18.3. The molecule has 1 aromatic heterocycles. The number of benzene rings is 2. The predicted molar refractivity (Wildman–Crippen MR) is 183 cm³/mol. The number of anilines is 1. The maximum absolute atomic E-state index is 14.9. The smallest absolute Gasteiger partial charge is 0.200 e. The Kier molecular flexibility index (Phi) is 9.62. The molecule has 254 valence electrons. The fraction of sp³-hybridized carbons (Fsp3) is 0.515. The lowest BCUT2D eigenvalue weighted by Crippen LogP contribution is -2.40. The summed E-state index contributed by atoms with van der Waals surface area (Å²) in [5.41, 5.74) is 14.0. The summed E-state index contributed by atoms with van der Waals surface area (Å²) in [7, 11) is 2.89. The molecule has 3 aliphatic rings. The highest BCUT2D eigenvalue weighted by Gasteiger charge is 2.42. The van der Waals surface area contributed by atoms with E-state index in [1.54, 1.807) is 38.1 Å². The Hall–Kier alpha value is -3.14. The highest BCUT2D eigenvalue weighted by molar-refractivity contribution is 8.76. The van der Waals surface area contributed by atoms with Gasteiger partial charge in [-0.05, 0) is 57.2 Å². The number of guanidine groups is 1. The van der Waals surface area contributed by atoms with Gasteiger partial charge in [-0.15, -0.1) is 0 Å². The molecule has 2 aromatic carbocycles. The van der Waals surface area contributed by atoms with E-state index < -0.39 is 30.0 Å². The molecule has 12 nitrogen and oxygen atoms in total. The van der Waals surface area contributed by atoms with Crippen LogP contribution in [0.3, 0.4) is 0 Å². The third-order valence-electron chi connectivity index (χ3n) is 9.20. The van der Waals surface area contributed by atoms with Gasteiger partial charge in [0.1, 0.15) is 46.0 Å². The van der Waals surface area contributed by atoms with Crippen molar-refractivity contribution in [2.24, 2.45) is 16.5 Å². The number of aliphatic imine (C=N–C) groups is 1. The van der Waals surface area contributed by atoms with E-state index >= 15 is 0 Å². The Morgan fingerprint density at radius 3 is 2.53 bits per heavy atom. The van der Waals surface area contributed by atoms with Gasteiger partial charge in [0, 0.05) is 47.5 Å². The number of aliphatic hydroxyl groups excluding tert-OH is 2. The summed E-state index contributed by atoms with van der Waals surface area (Å²) in [5, 5.41) is 43.0. The van der Waals surface area contributed by atoms with Crippen LogP contribution in [-0.2, 0) is 18.6 Å². The van der Waals surface area contributed by atoms with Gasteiger partial charge in [-0.2, -0.15) is 0 Å². The molecular formula is C33H42N4O8S2. The third kappa shape index (κ3) is 6.76. The molecule has 3 atom stereocenters. The van der Waals surface area contributed by atoms with Crippen LogP contribution < -0.4 is 31.8 Å². The summed E-state index contributed by atoms with van der Waals surface area (Å²) < 4.78 is 19.8. The molecule has 0 radical (unpaired) electrons. The van der Waals surface area contributed by atoms with Gasteiger partial charge < -0.3 is 40.7 Å². The second-order valence-corrected chi connectivity index (χ2v) is 15.7. The second-order valence-electron chi connectivity index (χ2n) is 13.2. The van der Waals surface area contributed by atoms with Crippen molar-refractivity contribution in [3.63, 3.8) is 0 Å². The number of hydrogen-bond acceptors (Lipinski definition) is 12. The van der Waals surface area contributed by atoms with E-state index in [9.17, 15) is 25.3 Å². The largest absolute Gasteiger partial charge is 0.489 e. The van der Waals surface area contributed by atoms with Crippen LogP contribution >= 0.6 is 21.6 Å². The molecule has 9 N–H and O–H groups in total. The van der Waals surface area contributed by atoms with Gasteiger partial charge in [0.2, 0.25) is 0 Å². The molecule has 0 unspecified atom stereocenters. The lowest BCUT2D eigenvalue weighted by Gasteiger charge is -2.29. The molecule has 1 aliphatic carbocycles. The van der Waals surface area contributed by atoms with Crippen molar-refractivity contribution < 1.29 is 34.4 Å². The summed E-state index contributed by atoms with van der Waals surface area (Å²) >= 11 is 0. The number of nitrogens with zero attached hydrogens (tertiary/aromatic N) is 1. The molecule has 0 saturated heterocycles. The molecule has 2 aliphatic heterocycles. The standard InChI is InChI=1S/C33H42N4O8S2/c1-32(2,41)24-12-21-27(44-24)22-14-46-47-16-33(15-38,36-31(34)35)13-23(39)28-20(11-17-7-9-18(37-42)10-8-17)26(40)25(30(22)45-28)29(21)43-19-5-3-4-6-19/h7-10,19,23-24,37-39,41-42H,3-6,11-16H2,1-2H3,(H4,34,35,36)/t23-,24-,33+/m1/s1. The molecule has 0 spiro atoms. The van der Waals surface area contributed by atoms with Crippen molar-refractivity contribution in [3.8, 4) is 11.5 Å². The minimum atomic E-state index is -1.37. The highest BCUT2D eigenvalue weighted by atomic mass is 33.1. The number of fused-ring (bicyclic) bond motifs is 3. The van der Waals surface area contributed by atoms with E-state index in [4.69, 9.17) is 25.4 Å². The number of nitrogens with two attached hydrogens (primary N) is 2. The minimum Gasteiger partial charge on any atom is -0.489 e. The highest BCUT2D eigenvalue weighted by Crippen LogP contribution is 2.50. The van der Waals surface area contributed by atoms with Gasteiger partial charge in [-0.3, -0.25) is 15.5 Å². The topological polar surface area (TPSA) is 206 Å². The maximum atomic E-state index is 14.9. The number of hydrogen-bond donors (Lipinski definition) is 7. The minimum absolute atomic E-state index is 0.0393. The molecular weight excluding hydrogens is 645 g/mol.